The van der Waals surface area contributed by atoms with Crippen LogP contribution < -0.4 is 26.6 Å². The molecule has 0 spiro atoms. The van der Waals surface area contributed by atoms with Gasteiger partial charge in [-0.25, -0.2) is 0 Å². The molecular weight excluding hydrogens is 1120 g/mol. The number of amides is 10. The Morgan fingerprint density at radius 1 is 0.655 bits per heavy atom. The fraction of sp³-hybridized carbons (Fsp3) is 0.810. The van der Waals surface area contributed by atoms with E-state index in [1.165, 1.54) is 73.3 Å². The molecule has 24 heteroatoms. The Hall–Kier alpha value is -5.72. The van der Waals surface area contributed by atoms with E-state index >= 15 is 0 Å². The van der Waals surface area contributed by atoms with Crippen molar-refractivity contribution >= 4 is 59.1 Å². The number of rotatable bonds is 20. The third kappa shape index (κ3) is 22.1. The summed E-state index contributed by atoms with van der Waals surface area (Å²) in [5.74, 6) is -6.75. The van der Waals surface area contributed by atoms with Crippen molar-refractivity contribution in [3.63, 3.8) is 0 Å². The summed E-state index contributed by atoms with van der Waals surface area (Å²) in [6, 6.07) is -9.97. The number of carbonyl (C=O) groups is 10. The lowest BCUT2D eigenvalue weighted by atomic mass is 9.84. The van der Waals surface area contributed by atoms with E-state index in [1.54, 1.807) is 40.9 Å². The van der Waals surface area contributed by atoms with Crippen LogP contribution in [0.5, 0.6) is 0 Å². The van der Waals surface area contributed by atoms with Gasteiger partial charge in [-0.1, -0.05) is 75.7 Å². The van der Waals surface area contributed by atoms with Crippen molar-refractivity contribution in [3.05, 3.63) is 11.8 Å². The molecule has 0 bridgehead atoms. The van der Waals surface area contributed by atoms with E-state index in [4.69, 9.17) is 14.2 Å². The number of likely N-dealkylation sites (N-methyl/N-ethyl adjacent to an activating group) is 4. The van der Waals surface area contributed by atoms with Gasteiger partial charge >= 0.3 is 0 Å². The number of unbranched alkanes of at least 4 members (excludes halogenated alkanes) is 2. The van der Waals surface area contributed by atoms with Gasteiger partial charge < -0.3 is 65.3 Å². The first kappa shape index (κ1) is 75.5. The second-order valence-electron chi connectivity index (χ2n) is 25.9. The van der Waals surface area contributed by atoms with Crippen LogP contribution in [0.4, 0.5) is 0 Å². The second-order valence-corrected chi connectivity index (χ2v) is 25.9. The van der Waals surface area contributed by atoms with E-state index in [2.05, 4.69) is 31.5 Å². The molecule has 2 fully saturated rings. The molecule has 0 radical (unpaired) electrons. The number of carbonyl (C=O) groups excluding carboxylic acids is 10. The molecule has 0 saturated carbocycles. The molecule has 0 aromatic carbocycles. The first-order valence-electron chi connectivity index (χ1n) is 31.9. The van der Waals surface area contributed by atoms with Crippen molar-refractivity contribution in [2.24, 2.45) is 29.6 Å². The standard InChI is InChI=1S/C63H111N11O13/c1-20-49-61(82)69(16)44(13)60(81)72(19)52(45(14)86-30-24-23-27-73-28-31-85-32-29-73)57(78)68-51(39(6)7)62(83)71(18)50(34-38(4)5)56(77)65-42(11)55(76)66-43(12)59(80)70(17)47(33-37(2)3)36-87-54(40(8)9)63(84)74-35-48(53(74)58(79)67-49)41(10)25-21-22-26-64-46(15)75/h35,37-45,47,49-54H,20-34,36H2,1-19H3,(H,64,75)(H,65,77)(H,66,76)(H,67,79)(H,68,78)/t41-,42?,43-,44-,45-,47+,49+,50+,51?,52?,53+,54?/m1/s1. The Morgan fingerprint density at radius 3 is 1.85 bits per heavy atom. The molecule has 4 unspecified atom stereocenters. The van der Waals surface area contributed by atoms with Crippen molar-refractivity contribution < 1.29 is 62.2 Å². The zero-order valence-electron chi connectivity index (χ0n) is 56.1. The predicted molar refractivity (Wildman–Crippen MR) is 332 cm³/mol. The average Bonchev–Trinajstić information content (AvgIpc) is 0.886. The highest BCUT2D eigenvalue weighted by atomic mass is 16.5. The van der Waals surface area contributed by atoms with Crippen molar-refractivity contribution in [1.82, 2.24) is 56.0 Å². The van der Waals surface area contributed by atoms with Gasteiger partial charge in [0.05, 0.1) is 32.0 Å². The first-order valence-corrected chi connectivity index (χ1v) is 31.9. The molecule has 3 aliphatic rings. The molecule has 10 amide bonds. The summed E-state index contributed by atoms with van der Waals surface area (Å²) >= 11 is 0. The third-order valence-corrected chi connectivity index (χ3v) is 17.0. The number of morpholine rings is 1. The van der Waals surface area contributed by atoms with Gasteiger partial charge in [0.2, 0.25) is 53.2 Å². The van der Waals surface area contributed by atoms with Crippen molar-refractivity contribution in [2.45, 2.75) is 222 Å². The normalized spacial score (nSPS) is 27.4. The summed E-state index contributed by atoms with van der Waals surface area (Å²) < 4.78 is 18.3. The van der Waals surface area contributed by atoms with Crippen LogP contribution in [0.1, 0.15) is 155 Å². The van der Waals surface area contributed by atoms with Gasteiger partial charge in [-0.05, 0) is 114 Å². The number of ether oxygens (including phenoxy) is 3. The zero-order chi connectivity index (χ0) is 65.7. The number of nitrogens with one attached hydrogen (secondary N) is 5. The maximum atomic E-state index is 15.0. The largest absolute Gasteiger partial charge is 0.379 e. The van der Waals surface area contributed by atoms with Gasteiger partial charge in [0.25, 0.3) is 5.91 Å². The van der Waals surface area contributed by atoms with Gasteiger partial charge in [-0.3, -0.25) is 52.8 Å². The first-order chi connectivity index (χ1) is 40.8. The van der Waals surface area contributed by atoms with Crippen LogP contribution in [0.2, 0.25) is 0 Å². The van der Waals surface area contributed by atoms with Gasteiger partial charge in [0, 0.05) is 67.6 Å². The summed E-state index contributed by atoms with van der Waals surface area (Å²) in [5.41, 5.74) is 0.656. The van der Waals surface area contributed by atoms with Crippen LogP contribution in [0.15, 0.2) is 11.8 Å². The Balaban J connectivity index is 2.18. The van der Waals surface area contributed by atoms with E-state index in [0.29, 0.717) is 57.4 Å². The Morgan fingerprint density at radius 2 is 1.28 bits per heavy atom. The molecule has 0 aliphatic carbocycles. The molecule has 0 aromatic heterocycles. The molecule has 2 saturated heterocycles. The van der Waals surface area contributed by atoms with Gasteiger partial charge in [0.1, 0.15) is 54.4 Å². The monoisotopic (exact) mass is 1230 g/mol. The number of hydrogen-bond acceptors (Lipinski definition) is 14. The Labute approximate surface area is 519 Å². The fourth-order valence-electron chi connectivity index (χ4n) is 11.3. The number of nitrogens with zero attached hydrogens (tertiary/aromatic N) is 6. The van der Waals surface area contributed by atoms with Crippen LogP contribution in [0.3, 0.4) is 0 Å². The minimum atomic E-state index is -1.34. The predicted octanol–water partition coefficient (Wildman–Crippen LogP) is 3.06. The maximum Gasteiger partial charge on any atom is 0.256 e. The lowest BCUT2D eigenvalue weighted by Crippen LogP contribution is -2.63. The molecule has 3 aliphatic heterocycles. The third-order valence-electron chi connectivity index (χ3n) is 17.0. The van der Waals surface area contributed by atoms with E-state index < -0.39 is 132 Å². The fourth-order valence-corrected chi connectivity index (χ4v) is 11.3. The molecule has 3 heterocycles. The minimum absolute atomic E-state index is 0.0659. The van der Waals surface area contributed by atoms with Crippen LogP contribution in [0.25, 0.3) is 0 Å². The summed E-state index contributed by atoms with van der Waals surface area (Å²) in [6.45, 7) is 30.6. The molecule has 87 heavy (non-hydrogen) atoms. The molecule has 5 N–H and O–H groups in total. The highest BCUT2D eigenvalue weighted by molar-refractivity contribution is 5.99. The van der Waals surface area contributed by atoms with Gasteiger partial charge in [0.15, 0.2) is 0 Å². The molecule has 3 rings (SSSR count). The second kappa shape index (κ2) is 36.1. The van der Waals surface area contributed by atoms with Crippen molar-refractivity contribution in [1.29, 1.82) is 0 Å². The van der Waals surface area contributed by atoms with E-state index in [0.717, 1.165) is 26.1 Å². The number of fused-ring (bicyclic) bond motifs is 1. The number of hydrogen-bond donors (Lipinski definition) is 5. The van der Waals surface area contributed by atoms with E-state index in [-0.39, 0.29) is 49.7 Å². The summed E-state index contributed by atoms with van der Waals surface area (Å²) in [6.07, 6.45) is 3.84. The molecular formula is C63H111N11O13. The van der Waals surface area contributed by atoms with Crippen LogP contribution in [-0.4, -0.2) is 236 Å². The molecule has 0 aromatic rings. The van der Waals surface area contributed by atoms with Crippen LogP contribution in [-0.2, 0) is 62.2 Å². The van der Waals surface area contributed by atoms with E-state index in [9.17, 15) is 47.9 Å². The van der Waals surface area contributed by atoms with Crippen LogP contribution >= 0.6 is 0 Å². The van der Waals surface area contributed by atoms with Gasteiger partial charge in [-0.2, -0.15) is 0 Å². The zero-order valence-corrected chi connectivity index (χ0v) is 56.1. The smallest absolute Gasteiger partial charge is 0.256 e. The maximum absolute atomic E-state index is 15.0. The average molecular weight is 1230 g/mol. The van der Waals surface area contributed by atoms with Gasteiger partial charge in [-0.15, -0.1) is 0 Å². The SMILES string of the molecule is CC[C@@H]1NC(=O)[C@@H]2C([C@H](C)CCCCNC(C)=O)=CN2C(=O)C(C(C)C)OC[C@H](CC(C)C)N(C)C(=O)[C@@H](C)NC(=O)C(C)NC(=O)[C@H](CC(C)C)N(C)C(=O)C(C(C)C)NC(=O)C([C@@H](C)OCCCCN2CCOCC2)N(C)C(=O)[C@@H](C)N(C)C1=O. The lowest BCUT2D eigenvalue weighted by molar-refractivity contribution is -0.154. The lowest BCUT2D eigenvalue weighted by Gasteiger charge is -2.43. The molecule has 12 atom stereocenters. The Kier molecular flexibility index (Phi) is 31.3. The highest BCUT2D eigenvalue weighted by Gasteiger charge is 2.47. The van der Waals surface area contributed by atoms with E-state index in [1.807, 2.05) is 48.5 Å². The summed E-state index contributed by atoms with van der Waals surface area (Å²) in [7, 11) is 5.94. The summed E-state index contributed by atoms with van der Waals surface area (Å²) in [4.78, 5) is 152. The molecule has 24 nitrogen and oxygen atoms in total. The minimum Gasteiger partial charge on any atom is -0.379 e. The molecule has 496 valence electrons. The topological polar surface area (TPSA) is 278 Å². The van der Waals surface area contributed by atoms with Crippen molar-refractivity contribution in [2.75, 3.05) is 80.8 Å². The quantitative estimate of drug-likeness (QED) is 0.110. The highest BCUT2D eigenvalue weighted by Crippen LogP contribution is 2.35. The van der Waals surface area contributed by atoms with Crippen LogP contribution in [0, 0.1) is 29.6 Å². The summed E-state index contributed by atoms with van der Waals surface area (Å²) in [5, 5.41) is 14.1. The van der Waals surface area contributed by atoms with Crippen molar-refractivity contribution in [3.8, 4) is 0 Å². The Bertz CT molecular complexity index is 2350.